The Hall–Kier alpha value is -5.94. The quantitative estimate of drug-likeness (QED) is 0.169. The van der Waals surface area contributed by atoms with Crippen molar-refractivity contribution >= 4 is 63.1 Å². The zero-order valence-corrected chi connectivity index (χ0v) is 26.2. The molecule has 1 aliphatic rings. The van der Waals surface area contributed by atoms with Crippen LogP contribution in [0.4, 0.5) is 11.4 Å². The summed E-state index contributed by atoms with van der Waals surface area (Å²) in [5.74, 6) is -0.563. The van der Waals surface area contributed by atoms with Gasteiger partial charge in [-0.1, -0.05) is 66.4 Å². The van der Waals surface area contributed by atoms with Gasteiger partial charge in [0.2, 0.25) is 5.91 Å². The van der Waals surface area contributed by atoms with E-state index in [9.17, 15) is 19.5 Å². The molecule has 10 nitrogen and oxygen atoms in total. The maximum absolute atomic E-state index is 13.5. The van der Waals surface area contributed by atoms with Crippen molar-refractivity contribution in [3.05, 3.63) is 120 Å². The van der Waals surface area contributed by atoms with Crippen LogP contribution < -0.4 is 19.7 Å². The largest absolute Gasteiger partial charge is 0.493 e. The van der Waals surface area contributed by atoms with Crippen LogP contribution >= 0.6 is 11.8 Å². The van der Waals surface area contributed by atoms with E-state index in [0.717, 1.165) is 11.8 Å². The molecular weight excluding hydrogens is 616 g/mol. The molecule has 6 rings (SSSR count). The van der Waals surface area contributed by atoms with Gasteiger partial charge in [-0.25, -0.2) is 14.8 Å². The Morgan fingerprint density at radius 2 is 1.62 bits per heavy atom. The number of nitrogens with zero attached hydrogens (tertiary/aromatic N) is 3. The number of carbonyl (C=O) groups excluding carboxylic acids is 2. The van der Waals surface area contributed by atoms with Gasteiger partial charge in [0.15, 0.2) is 16.7 Å². The minimum atomic E-state index is -1.03. The molecule has 0 bridgehead atoms. The van der Waals surface area contributed by atoms with Crippen molar-refractivity contribution in [2.45, 2.75) is 0 Å². The third-order valence-corrected chi connectivity index (χ3v) is 8.24. The molecule has 0 radical (unpaired) electrons. The summed E-state index contributed by atoms with van der Waals surface area (Å²) in [5, 5.41) is 13.5. The molecule has 0 fully saturated rings. The number of carboxylic acids is 1. The second kappa shape index (κ2) is 13.6. The van der Waals surface area contributed by atoms with Crippen LogP contribution in [0, 0.1) is 0 Å². The molecular formula is C36H28N4O6S. The van der Waals surface area contributed by atoms with E-state index in [1.807, 2.05) is 24.3 Å². The summed E-state index contributed by atoms with van der Waals surface area (Å²) in [4.78, 5) is 49.1. The predicted molar refractivity (Wildman–Crippen MR) is 184 cm³/mol. The number of methoxy groups -OCH3 is 2. The van der Waals surface area contributed by atoms with Gasteiger partial charge in [-0.2, -0.15) is 0 Å². The van der Waals surface area contributed by atoms with Crippen LogP contribution in [0.3, 0.4) is 0 Å². The van der Waals surface area contributed by atoms with E-state index in [0.29, 0.717) is 55.8 Å². The summed E-state index contributed by atoms with van der Waals surface area (Å²) in [5.41, 5.74) is 4.06. The Morgan fingerprint density at radius 1 is 0.894 bits per heavy atom. The zero-order chi connectivity index (χ0) is 32.9. The maximum Gasteiger partial charge on any atom is 0.336 e. The number of amidine groups is 1. The first-order chi connectivity index (χ1) is 22.8. The lowest BCUT2D eigenvalue weighted by Gasteiger charge is -2.17. The second-order valence-electron chi connectivity index (χ2n) is 10.3. The van der Waals surface area contributed by atoms with E-state index in [-0.39, 0.29) is 28.8 Å². The van der Waals surface area contributed by atoms with E-state index in [1.165, 1.54) is 12.0 Å². The summed E-state index contributed by atoms with van der Waals surface area (Å²) >= 11 is 1.14. The Labute approximate surface area is 274 Å². The Morgan fingerprint density at radius 3 is 2.34 bits per heavy atom. The minimum Gasteiger partial charge on any atom is -0.493 e. The molecule has 234 valence electrons. The molecule has 47 heavy (non-hydrogen) atoms. The number of aromatic nitrogens is 1. The van der Waals surface area contributed by atoms with Crippen LogP contribution in [0.1, 0.15) is 15.9 Å². The lowest BCUT2D eigenvalue weighted by atomic mass is 10.0. The van der Waals surface area contributed by atoms with Crippen LogP contribution in [-0.2, 0) is 9.59 Å². The molecule has 5 aromatic rings. The fourth-order valence-corrected chi connectivity index (χ4v) is 5.86. The molecule has 1 aromatic heterocycles. The maximum atomic E-state index is 13.5. The lowest BCUT2D eigenvalue weighted by molar-refractivity contribution is -0.114. The van der Waals surface area contributed by atoms with Gasteiger partial charge in [-0.3, -0.25) is 14.5 Å². The van der Waals surface area contributed by atoms with E-state index in [4.69, 9.17) is 9.47 Å². The number of anilines is 2. The van der Waals surface area contributed by atoms with Crippen LogP contribution in [0.2, 0.25) is 0 Å². The van der Waals surface area contributed by atoms with Crippen molar-refractivity contribution in [2.75, 3.05) is 30.2 Å². The minimum absolute atomic E-state index is 0.00492. The number of ether oxygens (including phenoxy) is 2. The third-order valence-electron chi connectivity index (χ3n) is 7.30. The number of hydrogen-bond donors (Lipinski definition) is 2. The van der Waals surface area contributed by atoms with Gasteiger partial charge >= 0.3 is 5.97 Å². The first-order valence-electron chi connectivity index (χ1n) is 14.4. The van der Waals surface area contributed by atoms with E-state index >= 15 is 0 Å². The highest BCUT2D eigenvalue weighted by atomic mass is 32.2. The van der Waals surface area contributed by atoms with Gasteiger partial charge in [-0.15, -0.1) is 0 Å². The summed E-state index contributed by atoms with van der Waals surface area (Å²) in [6, 6.07) is 30.1. The number of aliphatic imine (C=N–C) groups is 1. The van der Waals surface area contributed by atoms with Crippen LogP contribution in [0.25, 0.3) is 28.2 Å². The Kier molecular flexibility index (Phi) is 8.98. The molecule has 2 amide bonds. The fourth-order valence-electron chi connectivity index (χ4n) is 5.05. The van der Waals surface area contributed by atoms with Crippen molar-refractivity contribution < 1.29 is 29.0 Å². The van der Waals surface area contributed by atoms with Gasteiger partial charge in [0.1, 0.15) is 5.70 Å². The summed E-state index contributed by atoms with van der Waals surface area (Å²) < 4.78 is 10.7. The average Bonchev–Trinajstić information content (AvgIpc) is 3.41. The average molecular weight is 645 g/mol. The molecule has 11 heteroatoms. The van der Waals surface area contributed by atoms with Gasteiger partial charge in [-0.05, 0) is 60.2 Å². The number of para-hydroxylation sites is 2. The highest BCUT2D eigenvalue weighted by molar-refractivity contribution is 8.14. The molecule has 0 atom stereocenters. The number of fused-ring (bicyclic) bond motifs is 1. The number of benzene rings is 4. The number of pyridine rings is 1. The highest BCUT2D eigenvalue weighted by Gasteiger charge is 2.32. The standard InChI is InChI=1S/C36H28N4O6S/c1-45-31-17-12-22(19-32(31)46-2)18-30-34(42)40(25-8-4-3-5-9-25)36(39-30)47-21-33(41)37-24-15-13-23(14-16-24)29-20-27(35(43)44)26-10-6-7-11-28(26)38-29/h3-20H,21H2,1-2H3,(H,37,41)(H,43,44)/b30-18-. The molecule has 0 aliphatic carbocycles. The smallest absolute Gasteiger partial charge is 0.336 e. The first-order valence-corrected chi connectivity index (χ1v) is 15.4. The Bertz CT molecular complexity index is 2060. The lowest BCUT2D eigenvalue weighted by Crippen LogP contribution is -2.31. The van der Waals surface area contributed by atoms with Gasteiger partial charge < -0.3 is 19.9 Å². The van der Waals surface area contributed by atoms with Crippen molar-refractivity contribution in [3.8, 4) is 22.8 Å². The number of amides is 2. The fraction of sp³-hybridized carbons (Fsp3) is 0.0833. The number of thioether (sulfide) groups is 1. The number of hydrogen-bond acceptors (Lipinski definition) is 8. The van der Waals surface area contributed by atoms with Gasteiger partial charge in [0, 0.05) is 16.6 Å². The molecule has 1 aliphatic heterocycles. The molecule has 0 saturated carbocycles. The van der Waals surface area contributed by atoms with Crippen molar-refractivity contribution in [1.82, 2.24) is 4.98 Å². The van der Waals surface area contributed by atoms with Crippen molar-refractivity contribution in [2.24, 2.45) is 4.99 Å². The predicted octanol–water partition coefficient (Wildman–Crippen LogP) is 6.73. The van der Waals surface area contributed by atoms with E-state index in [2.05, 4.69) is 15.3 Å². The van der Waals surface area contributed by atoms with Crippen molar-refractivity contribution in [1.29, 1.82) is 0 Å². The molecule has 4 aromatic carbocycles. The number of rotatable bonds is 9. The van der Waals surface area contributed by atoms with Gasteiger partial charge in [0.25, 0.3) is 5.91 Å². The van der Waals surface area contributed by atoms with Gasteiger partial charge in [0.05, 0.1) is 42.4 Å². The summed E-state index contributed by atoms with van der Waals surface area (Å²) in [6.07, 6.45) is 1.67. The summed E-state index contributed by atoms with van der Waals surface area (Å²) in [7, 11) is 3.09. The molecule has 0 saturated heterocycles. The highest BCUT2D eigenvalue weighted by Crippen LogP contribution is 2.32. The zero-order valence-electron chi connectivity index (χ0n) is 25.3. The van der Waals surface area contributed by atoms with Crippen molar-refractivity contribution in [3.63, 3.8) is 0 Å². The number of nitrogens with one attached hydrogen (secondary N) is 1. The monoisotopic (exact) mass is 644 g/mol. The molecule has 0 unspecified atom stereocenters. The molecule has 0 spiro atoms. The molecule has 2 N–H and O–H groups in total. The number of carboxylic acid groups (broad SMARTS) is 1. The molecule has 2 heterocycles. The number of carbonyl (C=O) groups is 3. The third kappa shape index (κ3) is 6.70. The van der Waals surface area contributed by atoms with Crippen LogP contribution in [0.5, 0.6) is 11.5 Å². The SMILES string of the molecule is COc1ccc(/C=C2\N=C(SCC(=O)Nc3ccc(-c4cc(C(=O)O)c5ccccc5n4)cc3)N(c3ccccc3)C2=O)cc1OC. The topological polar surface area (TPSA) is 130 Å². The summed E-state index contributed by atoms with van der Waals surface area (Å²) in [6.45, 7) is 0. The second-order valence-corrected chi connectivity index (χ2v) is 11.2. The first kappa shape index (κ1) is 31.1. The Balaban J connectivity index is 1.18. The van der Waals surface area contributed by atoms with Crippen LogP contribution in [0.15, 0.2) is 114 Å². The normalized spacial score (nSPS) is 13.5. The number of aromatic carboxylic acids is 1. The van der Waals surface area contributed by atoms with Crippen LogP contribution in [-0.4, -0.2) is 53.0 Å². The van der Waals surface area contributed by atoms with E-state index in [1.54, 1.807) is 92.0 Å². The van der Waals surface area contributed by atoms with E-state index < -0.39 is 5.97 Å².